The van der Waals surface area contributed by atoms with Crippen molar-refractivity contribution in [1.82, 2.24) is 9.97 Å². The van der Waals surface area contributed by atoms with Crippen LogP contribution in [0, 0.1) is 0 Å². The number of nitrogens with two attached hydrogens (primary N) is 1. The van der Waals surface area contributed by atoms with Gasteiger partial charge in [-0.05, 0) is 34.9 Å². The number of rotatable bonds is 8. The Labute approximate surface area is 179 Å². The third-order valence-corrected chi connectivity index (χ3v) is 8.33. The van der Waals surface area contributed by atoms with E-state index in [1.807, 2.05) is 0 Å². The molecule has 3 aromatic rings. The van der Waals surface area contributed by atoms with Crippen LogP contribution in [0.25, 0.3) is 0 Å². The number of aromatic nitrogens is 2. The summed E-state index contributed by atoms with van der Waals surface area (Å²) in [6.07, 6.45) is 3.10. The van der Waals surface area contributed by atoms with E-state index in [2.05, 4.69) is 9.97 Å². The second kappa shape index (κ2) is 8.95. The lowest BCUT2D eigenvalue weighted by Gasteiger charge is -2.21. The van der Waals surface area contributed by atoms with Gasteiger partial charge in [0, 0.05) is 20.5 Å². The second-order valence-electron chi connectivity index (χ2n) is 6.49. The molecule has 0 fully saturated rings. The molecule has 0 saturated carbocycles. The zero-order valence-electron chi connectivity index (χ0n) is 15.8. The Morgan fingerprint density at radius 2 is 1.52 bits per heavy atom. The maximum Gasteiger partial charge on any atom is 0.294 e. The van der Waals surface area contributed by atoms with Crippen LogP contribution in [-0.2, 0) is 31.5 Å². The summed E-state index contributed by atoms with van der Waals surface area (Å²) >= 11 is 0. The lowest BCUT2D eigenvalue weighted by molar-refractivity contribution is -0.112. The number of hydrogen-bond acceptors (Lipinski definition) is 7. The van der Waals surface area contributed by atoms with Gasteiger partial charge in [-0.3, -0.25) is 13.9 Å². The summed E-state index contributed by atoms with van der Waals surface area (Å²) in [7, 11) is -11.1. The Morgan fingerprint density at radius 3 is 1.94 bits per heavy atom. The van der Waals surface area contributed by atoms with E-state index < -0.39 is 49.5 Å². The molecular weight excluding hydrogens is 465 g/mol. The van der Waals surface area contributed by atoms with Crippen LogP contribution in [0.5, 0.6) is 0 Å². The first-order valence-corrected chi connectivity index (χ1v) is 12.9. The van der Waals surface area contributed by atoms with Gasteiger partial charge in [0.2, 0.25) is 0 Å². The molecule has 0 unspecified atom stereocenters. The highest BCUT2D eigenvalue weighted by Crippen LogP contribution is 2.37. The predicted octanol–water partition coefficient (Wildman–Crippen LogP) is 0.432. The molecule has 3 rings (SSSR count). The first kappa shape index (κ1) is 23.2. The predicted molar refractivity (Wildman–Crippen MR) is 114 cm³/mol. The second-order valence-corrected chi connectivity index (χ2v) is 11.5. The summed E-state index contributed by atoms with van der Waals surface area (Å²) in [5.41, 5.74) is 6.17. The number of benzene rings is 2. The van der Waals surface area contributed by atoms with Crippen molar-refractivity contribution in [3.63, 3.8) is 0 Å². The Bertz CT molecular complexity index is 1230. The molecule has 1 heterocycles. The SMILES string of the molecule is N[C@@H](Cc1c[nH]cn1)C(=O)P(c1cccc(S(=O)(=O)O)c1)c1cccc(S(=O)(=O)O)c1. The van der Waals surface area contributed by atoms with Gasteiger partial charge in [0.15, 0.2) is 5.52 Å². The molecule has 164 valence electrons. The van der Waals surface area contributed by atoms with Gasteiger partial charge in [-0.1, -0.05) is 24.3 Å². The maximum atomic E-state index is 13.3. The zero-order valence-corrected chi connectivity index (χ0v) is 18.3. The molecule has 0 saturated heterocycles. The third-order valence-electron chi connectivity index (χ3n) is 4.27. The fourth-order valence-electron chi connectivity index (χ4n) is 2.85. The van der Waals surface area contributed by atoms with Gasteiger partial charge in [0.1, 0.15) is 0 Å². The summed E-state index contributed by atoms with van der Waals surface area (Å²) in [6, 6.07) is 9.25. The van der Waals surface area contributed by atoms with Crippen LogP contribution in [0.15, 0.2) is 70.8 Å². The Kier molecular flexibility index (Phi) is 6.70. The van der Waals surface area contributed by atoms with E-state index in [9.17, 15) is 30.7 Å². The van der Waals surface area contributed by atoms with Crippen molar-refractivity contribution in [2.24, 2.45) is 5.73 Å². The van der Waals surface area contributed by atoms with Crippen molar-refractivity contribution in [1.29, 1.82) is 0 Å². The van der Waals surface area contributed by atoms with Crippen molar-refractivity contribution in [2.45, 2.75) is 22.3 Å². The van der Waals surface area contributed by atoms with E-state index in [0.29, 0.717) is 5.69 Å². The molecule has 2 aromatic carbocycles. The fraction of sp³-hybridized carbons (Fsp3) is 0.111. The van der Waals surface area contributed by atoms with Crippen LogP contribution in [0.1, 0.15) is 5.69 Å². The van der Waals surface area contributed by atoms with Crippen molar-refractivity contribution in [2.75, 3.05) is 0 Å². The smallest absolute Gasteiger partial charge is 0.294 e. The van der Waals surface area contributed by atoms with Crippen LogP contribution in [0.2, 0.25) is 0 Å². The van der Waals surface area contributed by atoms with Crippen LogP contribution in [0.4, 0.5) is 0 Å². The van der Waals surface area contributed by atoms with E-state index in [0.717, 1.165) is 24.3 Å². The monoisotopic (exact) mass is 483 g/mol. The minimum Gasteiger partial charge on any atom is -0.351 e. The highest BCUT2D eigenvalue weighted by molar-refractivity contribution is 7.88. The molecule has 31 heavy (non-hydrogen) atoms. The topological polar surface area (TPSA) is 181 Å². The first-order valence-electron chi connectivity index (χ1n) is 8.69. The van der Waals surface area contributed by atoms with Gasteiger partial charge in [0.25, 0.3) is 20.2 Å². The molecule has 0 bridgehead atoms. The van der Waals surface area contributed by atoms with Crippen molar-refractivity contribution >= 4 is 44.3 Å². The minimum atomic E-state index is -4.54. The van der Waals surface area contributed by atoms with Gasteiger partial charge in [-0.15, -0.1) is 0 Å². The quantitative estimate of drug-likeness (QED) is 0.261. The highest BCUT2D eigenvalue weighted by Gasteiger charge is 2.29. The molecule has 13 heteroatoms. The first-order chi connectivity index (χ1) is 14.5. The van der Waals surface area contributed by atoms with E-state index >= 15 is 0 Å². The van der Waals surface area contributed by atoms with Gasteiger partial charge in [-0.25, -0.2) is 4.98 Å². The van der Waals surface area contributed by atoms with Gasteiger partial charge in [0.05, 0.1) is 27.9 Å². The summed E-state index contributed by atoms with van der Waals surface area (Å²) in [6.45, 7) is 0. The third kappa shape index (κ3) is 5.62. The largest absolute Gasteiger partial charge is 0.351 e. The molecule has 0 amide bonds. The molecular formula is C18H18N3O7PS2. The zero-order chi connectivity index (χ0) is 22.8. The molecule has 1 aromatic heterocycles. The number of hydrogen-bond donors (Lipinski definition) is 4. The van der Waals surface area contributed by atoms with Gasteiger partial charge >= 0.3 is 0 Å². The average molecular weight is 483 g/mol. The molecule has 0 radical (unpaired) electrons. The van der Waals surface area contributed by atoms with Crippen LogP contribution in [-0.4, -0.2) is 47.5 Å². The number of carbonyl (C=O) groups is 1. The summed E-state index contributed by atoms with van der Waals surface area (Å²) in [5.74, 6) is 0. The number of H-pyrrole nitrogens is 1. The standard InChI is InChI=1S/C18H18N3O7PS2/c19-17(7-12-10-20-11-21-12)18(22)29(13-3-1-5-15(8-13)30(23,24)25)14-4-2-6-16(9-14)31(26,27)28/h1-6,8-11,17H,7,19H2,(H,20,21)(H,23,24,25)(H,26,27,28)/t17-/m0/s1. The Morgan fingerprint density at radius 1 is 1.00 bits per heavy atom. The molecule has 1 atom stereocenters. The molecule has 10 nitrogen and oxygen atoms in total. The van der Waals surface area contributed by atoms with Gasteiger partial charge in [-0.2, -0.15) is 16.8 Å². The summed E-state index contributed by atoms with van der Waals surface area (Å²) < 4.78 is 65.1. The molecule has 5 N–H and O–H groups in total. The molecule has 0 aliphatic rings. The van der Waals surface area contributed by atoms with Gasteiger partial charge < -0.3 is 10.7 Å². The number of imidazole rings is 1. The molecule has 0 aliphatic heterocycles. The normalized spacial score (nSPS) is 13.3. The lowest BCUT2D eigenvalue weighted by Crippen LogP contribution is -2.36. The van der Waals surface area contributed by atoms with E-state index in [4.69, 9.17) is 5.73 Å². The van der Waals surface area contributed by atoms with Crippen LogP contribution < -0.4 is 16.3 Å². The van der Waals surface area contributed by atoms with Crippen molar-refractivity contribution in [3.8, 4) is 0 Å². The number of carbonyl (C=O) groups excluding carboxylic acids is 1. The van der Waals surface area contributed by atoms with E-state index in [1.165, 1.54) is 30.6 Å². The van der Waals surface area contributed by atoms with E-state index in [1.54, 1.807) is 6.20 Å². The van der Waals surface area contributed by atoms with Crippen molar-refractivity contribution in [3.05, 3.63) is 66.7 Å². The fourth-order valence-corrected chi connectivity index (χ4v) is 6.31. The number of aromatic amines is 1. The minimum absolute atomic E-state index is 0.0944. The average Bonchev–Trinajstić information content (AvgIpc) is 3.20. The highest BCUT2D eigenvalue weighted by atomic mass is 32.2. The molecule has 0 spiro atoms. The van der Waals surface area contributed by atoms with E-state index in [-0.39, 0.29) is 17.0 Å². The molecule has 0 aliphatic carbocycles. The summed E-state index contributed by atoms with van der Waals surface area (Å²) in [4.78, 5) is 19.3. The van der Waals surface area contributed by atoms with Crippen LogP contribution in [0.3, 0.4) is 0 Å². The maximum absolute atomic E-state index is 13.3. The van der Waals surface area contributed by atoms with Crippen LogP contribution >= 0.6 is 7.92 Å². The lowest BCUT2D eigenvalue weighted by atomic mass is 10.2. The Balaban J connectivity index is 2.12. The van der Waals surface area contributed by atoms with Crippen molar-refractivity contribution < 1.29 is 30.7 Å². The Hall–Kier alpha value is -2.47. The number of nitrogens with zero attached hydrogens (tertiary/aromatic N) is 1. The summed E-state index contributed by atoms with van der Waals surface area (Å²) in [5, 5.41) is 0.472. The number of nitrogens with one attached hydrogen (secondary N) is 1.